The van der Waals surface area contributed by atoms with Crippen molar-refractivity contribution in [2.75, 3.05) is 43.6 Å². The molecule has 1 heterocycles. The summed E-state index contributed by atoms with van der Waals surface area (Å²) in [7, 11) is 1.72. The highest BCUT2D eigenvalue weighted by Gasteiger charge is 2.16. The van der Waals surface area contributed by atoms with Crippen molar-refractivity contribution in [3.63, 3.8) is 0 Å². The molecule has 0 saturated carbocycles. The fourth-order valence-corrected chi connectivity index (χ4v) is 2.51. The highest BCUT2D eigenvalue weighted by molar-refractivity contribution is 5.55. The maximum atomic E-state index is 5.02. The van der Waals surface area contributed by atoms with Crippen LogP contribution >= 0.6 is 0 Å². The van der Waals surface area contributed by atoms with E-state index in [-0.39, 0.29) is 0 Å². The van der Waals surface area contributed by atoms with E-state index in [9.17, 15) is 0 Å². The lowest BCUT2D eigenvalue weighted by molar-refractivity contribution is 0.211. The Balaban J connectivity index is 1.90. The Hall–Kier alpha value is -1.22. The standard InChI is InChI=1S/C15H24N2O/c1-13-4-3-10-17(12-13)15-7-5-14(6-8-15)16-9-11-18-2/h5-8,13,16H,3-4,9-12H2,1-2H3. The van der Waals surface area contributed by atoms with Crippen molar-refractivity contribution < 1.29 is 4.74 Å². The van der Waals surface area contributed by atoms with Gasteiger partial charge in [0.25, 0.3) is 0 Å². The van der Waals surface area contributed by atoms with Crippen LogP contribution in [0.3, 0.4) is 0 Å². The summed E-state index contributed by atoms with van der Waals surface area (Å²) < 4.78 is 5.02. The van der Waals surface area contributed by atoms with Crippen LogP contribution in [0.4, 0.5) is 11.4 Å². The molecule has 1 N–H and O–H groups in total. The summed E-state index contributed by atoms with van der Waals surface area (Å²) in [6.07, 6.45) is 2.68. The van der Waals surface area contributed by atoms with Crippen molar-refractivity contribution in [1.82, 2.24) is 0 Å². The first-order valence-electron chi connectivity index (χ1n) is 6.87. The minimum absolute atomic E-state index is 0.741. The molecule has 2 rings (SSSR count). The van der Waals surface area contributed by atoms with E-state index < -0.39 is 0 Å². The normalized spacial score (nSPS) is 19.9. The molecule has 0 radical (unpaired) electrons. The van der Waals surface area contributed by atoms with Gasteiger partial charge >= 0.3 is 0 Å². The summed E-state index contributed by atoms with van der Waals surface area (Å²) in [6, 6.07) is 8.74. The molecule has 1 fully saturated rings. The Labute approximate surface area is 110 Å². The van der Waals surface area contributed by atoms with Gasteiger partial charge in [-0.2, -0.15) is 0 Å². The minimum atomic E-state index is 0.741. The quantitative estimate of drug-likeness (QED) is 0.811. The summed E-state index contributed by atoms with van der Waals surface area (Å²) in [4.78, 5) is 2.49. The number of ether oxygens (including phenoxy) is 1. The van der Waals surface area contributed by atoms with Crippen molar-refractivity contribution >= 4 is 11.4 Å². The third kappa shape index (κ3) is 3.64. The lowest BCUT2D eigenvalue weighted by Crippen LogP contribution is -2.34. The van der Waals surface area contributed by atoms with Gasteiger partial charge in [-0.3, -0.25) is 0 Å². The first-order chi connectivity index (χ1) is 8.79. The SMILES string of the molecule is COCCNc1ccc(N2CCCC(C)C2)cc1. The van der Waals surface area contributed by atoms with E-state index in [0.29, 0.717) is 0 Å². The van der Waals surface area contributed by atoms with Crippen LogP contribution in [-0.4, -0.2) is 33.4 Å². The number of methoxy groups -OCH3 is 1. The molecule has 1 aromatic carbocycles. The van der Waals surface area contributed by atoms with E-state index in [4.69, 9.17) is 4.74 Å². The summed E-state index contributed by atoms with van der Waals surface area (Å²) in [6.45, 7) is 6.33. The molecular weight excluding hydrogens is 224 g/mol. The summed E-state index contributed by atoms with van der Waals surface area (Å²) in [5.41, 5.74) is 2.51. The number of hydrogen-bond acceptors (Lipinski definition) is 3. The zero-order valence-corrected chi connectivity index (χ0v) is 11.5. The smallest absolute Gasteiger partial charge is 0.0635 e. The van der Waals surface area contributed by atoms with Crippen molar-refractivity contribution in [1.29, 1.82) is 0 Å². The highest BCUT2D eigenvalue weighted by atomic mass is 16.5. The molecule has 1 aromatic rings. The number of anilines is 2. The zero-order chi connectivity index (χ0) is 12.8. The van der Waals surface area contributed by atoms with Gasteiger partial charge in [0.1, 0.15) is 0 Å². The van der Waals surface area contributed by atoms with Crippen LogP contribution in [-0.2, 0) is 4.74 Å². The molecule has 0 aromatic heterocycles. The second-order valence-corrected chi connectivity index (χ2v) is 5.16. The summed E-state index contributed by atoms with van der Waals surface area (Å²) in [5.74, 6) is 0.818. The van der Waals surface area contributed by atoms with Crippen LogP contribution in [0.5, 0.6) is 0 Å². The van der Waals surface area contributed by atoms with Crippen LogP contribution < -0.4 is 10.2 Å². The van der Waals surface area contributed by atoms with E-state index in [1.54, 1.807) is 7.11 Å². The molecule has 3 nitrogen and oxygen atoms in total. The average molecular weight is 248 g/mol. The fraction of sp³-hybridized carbons (Fsp3) is 0.600. The van der Waals surface area contributed by atoms with Gasteiger partial charge in [0, 0.05) is 38.1 Å². The van der Waals surface area contributed by atoms with E-state index >= 15 is 0 Å². The molecule has 3 heteroatoms. The monoisotopic (exact) mass is 248 g/mol. The Morgan fingerprint density at radius 3 is 2.78 bits per heavy atom. The zero-order valence-electron chi connectivity index (χ0n) is 11.5. The Bertz CT molecular complexity index is 350. The predicted octanol–water partition coefficient (Wildman–Crippen LogP) is 2.98. The molecule has 18 heavy (non-hydrogen) atoms. The molecule has 0 amide bonds. The molecule has 1 atom stereocenters. The van der Waals surface area contributed by atoms with Gasteiger partial charge in [0.05, 0.1) is 6.61 Å². The van der Waals surface area contributed by atoms with E-state index in [0.717, 1.165) is 19.1 Å². The van der Waals surface area contributed by atoms with Crippen LogP contribution in [0, 0.1) is 5.92 Å². The minimum Gasteiger partial charge on any atom is -0.383 e. The van der Waals surface area contributed by atoms with E-state index in [1.165, 1.54) is 37.3 Å². The molecule has 100 valence electrons. The van der Waals surface area contributed by atoms with Gasteiger partial charge in [-0.25, -0.2) is 0 Å². The van der Waals surface area contributed by atoms with Gasteiger partial charge in [-0.05, 0) is 43.0 Å². The first-order valence-corrected chi connectivity index (χ1v) is 6.87. The average Bonchev–Trinajstić information content (AvgIpc) is 2.40. The van der Waals surface area contributed by atoms with Crippen LogP contribution in [0.1, 0.15) is 19.8 Å². The fourth-order valence-electron chi connectivity index (χ4n) is 2.51. The molecule has 1 aliphatic heterocycles. The number of hydrogen-bond donors (Lipinski definition) is 1. The first kappa shape index (κ1) is 13.2. The lowest BCUT2D eigenvalue weighted by atomic mass is 10.00. The molecule has 0 bridgehead atoms. The predicted molar refractivity (Wildman–Crippen MR) is 77.4 cm³/mol. The summed E-state index contributed by atoms with van der Waals surface area (Å²) >= 11 is 0. The number of benzene rings is 1. The van der Waals surface area contributed by atoms with Gasteiger partial charge in [-0.1, -0.05) is 6.92 Å². The third-order valence-corrected chi connectivity index (χ3v) is 3.52. The van der Waals surface area contributed by atoms with Gasteiger partial charge in [0.2, 0.25) is 0 Å². The largest absolute Gasteiger partial charge is 0.383 e. The molecule has 1 unspecified atom stereocenters. The second kappa shape index (κ2) is 6.64. The van der Waals surface area contributed by atoms with Crippen LogP contribution in [0.15, 0.2) is 24.3 Å². The third-order valence-electron chi connectivity index (χ3n) is 3.52. The Morgan fingerprint density at radius 2 is 2.11 bits per heavy atom. The Morgan fingerprint density at radius 1 is 1.33 bits per heavy atom. The van der Waals surface area contributed by atoms with E-state index in [1.807, 2.05) is 0 Å². The Kier molecular flexibility index (Phi) is 4.88. The maximum Gasteiger partial charge on any atom is 0.0635 e. The van der Waals surface area contributed by atoms with Gasteiger partial charge < -0.3 is 15.0 Å². The number of piperidine rings is 1. The molecule has 0 aliphatic carbocycles. The van der Waals surface area contributed by atoms with Gasteiger partial charge in [-0.15, -0.1) is 0 Å². The van der Waals surface area contributed by atoms with Crippen molar-refractivity contribution in [3.05, 3.63) is 24.3 Å². The maximum absolute atomic E-state index is 5.02. The second-order valence-electron chi connectivity index (χ2n) is 5.16. The summed E-state index contributed by atoms with van der Waals surface area (Å²) in [5, 5.41) is 3.34. The molecule has 1 aliphatic rings. The lowest BCUT2D eigenvalue weighted by Gasteiger charge is -2.32. The van der Waals surface area contributed by atoms with Crippen LogP contribution in [0.25, 0.3) is 0 Å². The van der Waals surface area contributed by atoms with Crippen molar-refractivity contribution in [2.45, 2.75) is 19.8 Å². The topological polar surface area (TPSA) is 24.5 Å². The van der Waals surface area contributed by atoms with E-state index in [2.05, 4.69) is 41.4 Å². The molecule has 1 saturated heterocycles. The molecular formula is C15H24N2O. The van der Waals surface area contributed by atoms with Crippen LogP contribution in [0.2, 0.25) is 0 Å². The van der Waals surface area contributed by atoms with Crippen molar-refractivity contribution in [2.24, 2.45) is 5.92 Å². The number of nitrogens with one attached hydrogen (secondary N) is 1. The van der Waals surface area contributed by atoms with Gasteiger partial charge in [0.15, 0.2) is 0 Å². The number of nitrogens with zero attached hydrogens (tertiary/aromatic N) is 1. The highest BCUT2D eigenvalue weighted by Crippen LogP contribution is 2.24. The van der Waals surface area contributed by atoms with Crippen molar-refractivity contribution in [3.8, 4) is 0 Å². The molecule has 0 spiro atoms. The number of rotatable bonds is 5.